The molecule has 0 aliphatic carbocycles. The Labute approximate surface area is 148 Å². The molecule has 3 rings (SSSR count). The Bertz CT molecular complexity index is 726. The molecule has 1 aromatic carbocycles. The third-order valence-corrected chi connectivity index (χ3v) is 4.60. The van der Waals surface area contributed by atoms with E-state index in [-0.39, 0.29) is 12.0 Å². The number of benzene rings is 1. The number of rotatable bonds is 6. The SMILES string of the molecule is CCCN(CC1CCCCO1)C(=O)c1cc2ccccc2c(OC)n1. The Morgan fingerprint density at radius 2 is 2.20 bits per heavy atom. The number of carbonyl (C=O) groups is 1. The van der Waals surface area contributed by atoms with Crippen LogP contribution in [0, 0.1) is 0 Å². The van der Waals surface area contributed by atoms with Crippen LogP contribution in [-0.2, 0) is 4.74 Å². The van der Waals surface area contributed by atoms with Gasteiger partial charge in [0, 0.05) is 25.1 Å². The van der Waals surface area contributed by atoms with Gasteiger partial charge in [0.2, 0.25) is 5.88 Å². The quantitative estimate of drug-likeness (QED) is 0.804. The minimum absolute atomic E-state index is 0.0555. The van der Waals surface area contributed by atoms with Crippen LogP contribution in [0.1, 0.15) is 43.1 Å². The smallest absolute Gasteiger partial charge is 0.272 e. The Morgan fingerprint density at radius 1 is 1.36 bits per heavy atom. The summed E-state index contributed by atoms with van der Waals surface area (Å²) in [5.74, 6) is 0.437. The van der Waals surface area contributed by atoms with Crippen molar-refractivity contribution in [2.24, 2.45) is 0 Å². The molecular formula is C20H26N2O3. The van der Waals surface area contributed by atoms with Crippen molar-refractivity contribution in [2.75, 3.05) is 26.8 Å². The molecule has 0 N–H and O–H groups in total. The molecule has 25 heavy (non-hydrogen) atoms. The molecule has 0 radical (unpaired) electrons. The maximum Gasteiger partial charge on any atom is 0.272 e. The van der Waals surface area contributed by atoms with Gasteiger partial charge in [-0.15, -0.1) is 0 Å². The highest BCUT2D eigenvalue weighted by Gasteiger charge is 2.23. The number of hydrogen-bond donors (Lipinski definition) is 0. The lowest BCUT2D eigenvalue weighted by Crippen LogP contribution is -2.40. The maximum atomic E-state index is 13.1. The highest BCUT2D eigenvalue weighted by molar-refractivity contribution is 5.98. The van der Waals surface area contributed by atoms with Gasteiger partial charge < -0.3 is 14.4 Å². The molecule has 1 fully saturated rings. The molecule has 1 saturated heterocycles. The highest BCUT2D eigenvalue weighted by atomic mass is 16.5. The Kier molecular flexibility index (Phi) is 5.87. The third kappa shape index (κ3) is 4.10. The van der Waals surface area contributed by atoms with Crippen molar-refractivity contribution in [1.29, 1.82) is 0 Å². The van der Waals surface area contributed by atoms with Gasteiger partial charge in [-0.3, -0.25) is 4.79 Å². The van der Waals surface area contributed by atoms with Crippen LogP contribution in [0.2, 0.25) is 0 Å². The number of methoxy groups -OCH3 is 1. The number of nitrogens with zero attached hydrogens (tertiary/aromatic N) is 2. The molecular weight excluding hydrogens is 316 g/mol. The van der Waals surface area contributed by atoms with Crippen LogP contribution in [0.25, 0.3) is 10.8 Å². The molecule has 5 nitrogen and oxygen atoms in total. The van der Waals surface area contributed by atoms with E-state index in [1.165, 1.54) is 6.42 Å². The van der Waals surface area contributed by atoms with E-state index in [0.717, 1.165) is 36.6 Å². The Morgan fingerprint density at radius 3 is 2.92 bits per heavy atom. The third-order valence-electron chi connectivity index (χ3n) is 4.60. The molecule has 0 saturated carbocycles. The Hall–Kier alpha value is -2.14. The molecule has 1 atom stereocenters. The van der Waals surface area contributed by atoms with Crippen molar-refractivity contribution < 1.29 is 14.3 Å². The summed E-state index contributed by atoms with van der Waals surface area (Å²) in [6.07, 6.45) is 4.33. The lowest BCUT2D eigenvalue weighted by atomic mass is 10.1. The predicted octanol–water partition coefficient (Wildman–Crippen LogP) is 3.66. The summed E-state index contributed by atoms with van der Waals surface area (Å²) in [5.41, 5.74) is 0.430. The number of fused-ring (bicyclic) bond motifs is 1. The molecule has 1 aromatic heterocycles. The van der Waals surface area contributed by atoms with Gasteiger partial charge in [0.15, 0.2) is 0 Å². The van der Waals surface area contributed by atoms with Crippen molar-refractivity contribution in [3.8, 4) is 5.88 Å². The molecule has 5 heteroatoms. The second kappa shape index (κ2) is 8.30. The minimum atomic E-state index is -0.0555. The Balaban J connectivity index is 1.86. The zero-order valence-corrected chi connectivity index (χ0v) is 15.0. The zero-order valence-electron chi connectivity index (χ0n) is 15.0. The fourth-order valence-corrected chi connectivity index (χ4v) is 3.34. The summed E-state index contributed by atoms with van der Waals surface area (Å²) in [7, 11) is 1.59. The molecule has 1 amide bonds. The van der Waals surface area contributed by atoms with Gasteiger partial charge in [-0.25, -0.2) is 4.98 Å². The first-order valence-electron chi connectivity index (χ1n) is 9.07. The van der Waals surface area contributed by atoms with Gasteiger partial charge >= 0.3 is 0 Å². The van der Waals surface area contributed by atoms with Crippen LogP contribution in [0.15, 0.2) is 30.3 Å². The standard InChI is InChI=1S/C20H26N2O3/c1-3-11-22(14-16-9-6-7-12-25-16)20(23)18-13-15-8-4-5-10-17(15)19(21-18)24-2/h4-5,8,10,13,16H,3,6-7,9,11-12,14H2,1-2H3. The summed E-state index contributed by atoms with van der Waals surface area (Å²) < 4.78 is 11.2. The van der Waals surface area contributed by atoms with Gasteiger partial charge in [-0.1, -0.05) is 25.1 Å². The molecule has 1 aliphatic rings. The topological polar surface area (TPSA) is 51.7 Å². The van der Waals surface area contributed by atoms with Crippen molar-refractivity contribution in [3.63, 3.8) is 0 Å². The number of pyridine rings is 1. The zero-order chi connectivity index (χ0) is 17.6. The van der Waals surface area contributed by atoms with Crippen molar-refractivity contribution in [3.05, 3.63) is 36.0 Å². The second-order valence-electron chi connectivity index (χ2n) is 6.48. The molecule has 2 aromatic rings. The van der Waals surface area contributed by atoms with Crippen LogP contribution in [0.4, 0.5) is 0 Å². The van der Waals surface area contributed by atoms with Gasteiger partial charge in [0.25, 0.3) is 5.91 Å². The average Bonchev–Trinajstić information content (AvgIpc) is 2.67. The maximum absolute atomic E-state index is 13.1. The van der Waals surface area contributed by atoms with E-state index in [9.17, 15) is 4.79 Å². The molecule has 0 bridgehead atoms. The minimum Gasteiger partial charge on any atom is -0.481 e. The predicted molar refractivity (Wildman–Crippen MR) is 98.1 cm³/mol. The number of ether oxygens (including phenoxy) is 2. The van der Waals surface area contributed by atoms with Crippen LogP contribution < -0.4 is 4.74 Å². The fraction of sp³-hybridized carbons (Fsp3) is 0.500. The van der Waals surface area contributed by atoms with E-state index in [1.807, 2.05) is 35.2 Å². The molecule has 1 unspecified atom stereocenters. The van der Waals surface area contributed by atoms with E-state index < -0.39 is 0 Å². The molecule has 134 valence electrons. The highest BCUT2D eigenvalue weighted by Crippen LogP contribution is 2.25. The number of hydrogen-bond acceptors (Lipinski definition) is 4. The lowest BCUT2D eigenvalue weighted by Gasteiger charge is -2.29. The first-order valence-corrected chi connectivity index (χ1v) is 9.07. The number of amides is 1. The summed E-state index contributed by atoms with van der Waals surface area (Å²) in [5, 5.41) is 1.88. The van der Waals surface area contributed by atoms with E-state index in [2.05, 4.69) is 11.9 Å². The summed E-state index contributed by atoms with van der Waals surface area (Å²) in [6.45, 7) is 4.20. The summed E-state index contributed by atoms with van der Waals surface area (Å²) in [6, 6.07) is 9.68. The van der Waals surface area contributed by atoms with Crippen molar-refractivity contribution in [1.82, 2.24) is 9.88 Å². The summed E-state index contributed by atoms with van der Waals surface area (Å²) >= 11 is 0. The van der Waals surface area contributed by atoms with E-state index in [4.69, 9.17) is 9.47 Å². The normalized spacial score (nSPS) is 17.4. The van der Waals surface area contributed by atoms with Crippen molar-refractivity contribution >= 4 is 16.7 Å². The first-order chi connectivity index (χ1) is 12.2. The number of aromatic nitrogens is 1. The first kappa shape index (κ1) is 17.7. The van der Waals surface area contributed by atoms with Gasteiger partial charge in [-0.2, -0.15) is 0 Å². The van der Waals surface area contributed by atoms with Crippen LogP contribution >= 0.6 is 0 Å². The second-order valence-corrected chi connectivity index (χ2v) is 6.48. The lowest BCUT2D eigenvalue weighted by molar-refractivity contribution is -0.00396. The molecule has 0 spiro atoms. The van der Waals surface area contributed by atoms with E-state index >= 15 is 0 Å². The van der Waals surface area contributed by atoms with Gasteiger partial charge in [0.05, 0.1) is 13.2 Å². The van der Waals surface area contributed by atoms with Crippen molar-refractivity contribution in [2.45, 2.75) is 38.7 Å². The average molecular weight is 342 g/mol. The van der Waals surface area contributed by atoms with Crippen LogP contribution in [0.5, 0.6) is 5.88 Å². The number of carbonyl (C=O) groups excluding carboxylic acids is 1. The molecule has 1 aliphatic heterocycles. The molecule has 2 heterocycles. The monoisotopic (exact) mass is 342 g/mol. The van der Waals surface area contributed by atoms with Crippen LogP contribution in [-0.4, -0.2) is 48.7 Å². The van der Waals surface area contributed by atoms with Crippen LogP contribution in [0.3, 0.4) is 0 Å². The largest absolute Gasteiger partial charge is 0.481 e. The fourth-order valence-electron chi connectivity index (χ4n) is 3.34. The van der Waals surface area contributed by atoms with E-state index in [0.29, 0.717) is 24.7 Å². The van der Waals surface area contributed by atoms with Gasteiger partial charge in [0.1, 0.15) is 5.69 Å². The van der Waals surface area contributed by atoms with Gasteiger partial charge in [-0.05, 0) is 43.2 Å². The summed E-state index contributed by atoms with van der Waals surface area (Å²) in [4.78, 5) is 19.4. The van der Waals surface area contributed by atoms with E-state index in [1.54, 1.807) is 7.11 Å².